The number of carboxylic acids is 1. The van der Waals surface area contributed by atoms with Gasteiger partial charge in [-0.2, -0.15) is 0 Å². The predicted octanol–water partition coefficient (Wildman–Crippen LogP) is 2.71. The van der Waals surface area contributed by atoms with Crippen molar-refractivity contribution in [1.29, 1.82) is 0 Å². The molecule has 17 heavy (non-hydrogen) atoms. The van der Waals surface area contributed by atoms with Crippen molar-refractivity contribution in [2.75, 3.05) is 0 Å². The van der Waals surface area contributed by atoms with E-state index < -0.39 is 5.97 Å². The van der Waals surface area contributed by atoms with Crippen molar-refractivity contribution in [2.24, 2.45) is 5.92 Å². The molecule has 2 rings (SSSR count). The van der Waals surface area contributed by atoms with Gasteiger partial charge < -0.3 is 9.67 Å². The third-order valence-corrected chi connectivity index (χ3v) is 3.94. The summed E-state index contributed by atoms with van der Waals surface area (Å²) in [5, 5.41) is 9.36. The maximum Gasteiger partial charge on any atom is 0.308 e. The molecule has 1 heterocycles. The van der Waals surface area contributed by atoms with Gasteiger partial charge in [0.1, 0.15) is 0 Å². The number of carboxylic acid groups (broad SMARTS) is 1. The largest absolute Gasteiger partial charge is 0.481 e. The fourth-order valence-electron chi connectivity index (χ4n) is 2.76. The van der Waals surface area contributed by atoms with Gasteiger partial charge in [0.15, 0.2) is 0 Å². The molecule has 1 saturated carbocycles. The van der Waals surface area contributed by atoms with Crippen molar-refractivity contribution in [2.45, 2.75) is 52.0 Å². The molecule has 0 aromatic carbocycles. The Labute approximate surface area is 102 Å². The Morgan fingerprint density at radius 3 is 2.65 bits per heavy atom. The lowest BCUT2D eigenvalue weighted by Gasteiger charge is -2.24. The zero-order chi connectivity index (χ0) is 12.4. The van der Waals surface area contributed by atoms with Crippen molar-refractivity contribution in [3.8, 4) is 0 Å². The maximum atomic E-state index is 11.4. The van der Waals surface area contributed by atoms with E-state index in [-0.39, 0.29) is 12.0 Å². The number of aromatic nitrogens is 2. The van der Waals surface area contributed by atoms with E-state index in [1.165, 1.54) is 0 Å². The van der Waals surface area contributed by atoms with Crippen LogP contribution >= 0.6 is 0 Å². The summed E-state index contributed by atoms with van der Waals surface area (Å²) in [5.41, 5.74) is 2.10. The lowest BCUT2D eigenvalue weighted by molar-refractivity contribution is -0.143. The number of carbonyl (C=O) groups is 1. The number of aryl methyl sites for hydroxylation is 1. The molecule has 2 unspecified atom stereocenters. The predicted molar refractivity (Wildman–Crippen MR) is 64.9 cm³/mol. The monoisotopic (exact) mass is 236 g/mol. The first-order valence-electron chi connectivity index (χ1n) is 6.34. The van der Waals surface area contributed by atoms with Crippen LogP contribution in [0.2, 0.25) is 0 Å². The minimum absolute atomic E-state index is 0.0798. The molecular weight excluding hydrogens is 216 g/mol. The molecule has 0 aliphatic heterocycles. The molecule has 0 amide bonds. The van der Waals surface area contributed by atoms with Crippen LogP contribution in [-0.2, 0) is 4.79 Å². The first-order valence-corrected chi connectivity index (χ1v) is 6.34. The van der Waals surface area contributed by atoms with E-state index in [0.29, 0.717) is 0 Å². The van der Waals surface area contributed by atoms with Crippen LogP contribution in [0, 0.1) is 19.8 Å². The van der Waals surface area contributed by atoms with Gasteiger partial charge in [0, 0.05) is 11.7 Å². The molecule has 0 spiro atoms. The van der Waals surface area contributed by atoms with Crippen LogP contribution in [0.3, 0.4) is 0 Å². The highest BCUT2D eigenvalue weighted by atomic mass is 16.4. The molecule has 1 fully saturated rings. The molecule has 4 heteroatoms. The first kappa shape index (κ1) is 12.1. The van der Waals surface area contributed by atoms with Gasteiger partial charge in [-0.15, -0.1) is 0 Å². The summed E-state index contributed by atoms with van der Waals surface area (Å²) in [6, 6.07) is 0.0798. The average molecular weight is 236 g/mol. The maximum absolute atomic E-state index is 11.4. The van der Waals surface area contributed by atoms with E-state index in [4.69, 9.17) is 0 Å². The molecule has 0 radical (unpaired) electrons. The second kappa shape index (κ2) is 4.90. The summed E-state index contributed by atoms with van der Waals surface area (Å²) in [7, 11) is 0. The Morgan fingerprint density at radius 2 is 2.06 bits per heavy atom. The number of rotatable bonds is 2. The van der Waals surface area contributed by atoms with Gasteiger partial charge in [-0.3, -0.25) is 4.79 Å². The fourth-order valence-corrected chi connectivity index (χ4v) is 2.76. The lowest BCUT2D eigenvalue weighted by Crippen LogP contribution is -2.26. The van der Waals surface area contributed by atoms with Crippen LogP contribution in [-0.4, -0.2) is 20.6 Å². The number of hydrogen-bond donors (Lipinski definition) is 1. The zero-order valence-electron chi connectivity index (χ0n) is 10.5. The minimum atomic E-state index is -0.664. The third-order valence-electron chi connectivity index (χ3n) is 3.94. The molecule has 4 nitrogen and oxygen atoms in total. The smallest absolute Gasteiger partial charge is 0.308 e. The quantitative estimate of drug-likeness (QED) is 0.803. The molecule has 1 N–H and O–H groups in total. The molecule has 2 atom stereocenters. The van der Waals surface area contributed by atoms with E-state index in [0.717, 1.165) is 43.5 Å². The van der Waals surface area contributed by atoms with Crippen molar-refractivity contribution >= 4 is 5.97 Å². The van der Waals surface area contributed by atoms with Crippen molar-refractivity contribution in [3.05, 3.63) is 17.7 Å². The molecule has 1 aliphatic rings. The SMILES string of the molecule is Cc1ncn(C2CCCCCC2C(=O)O)c1C. The third kappa shape index (κ3) is 2.35. The van der Waals surface area contributed by atoms with Gasteiger partial charge in [0.25, 0.3) is 0 Å². The topological polar surface area (TPSA) is 55.1 Å². The Bertz CT molecular complexity index is 412. The summed E-state index contributed by atoms with van der Waals surface area (Å²) >= 11 is 0. The highest BCUT2D eigenvalue weighted by molar-refractivity contribution is 5.70. The van der Waals surface area contributed by atoms with Crippen LogP contribution in [0.4, 0.5) is 0 Å². The van der Waals surface area contributed by atoms with E-state index in [9.17, 15) is 9.90 Å². The second-order valence-electron chi connectivity index (χ2n) is 4.97. The second-order valence-corrected chi connectivity index (χ2v) is 4.97. The highest BCUT2D eigenvalue weighted by Gasteiger charge is 2.31. The van der Waals surface area contributed by atoms with Crippen LogP contribution in [0.1, 0.15) is 49.5 Å². The number of aliphatic carboxylic acids is 1. The lowest BCUT2D eigenvalue weighted by atomic mass is 9.94. The average Bonchev–Trinajstić information content (AvgIpc) is 2.55. The van der Waals surface area contributed by atoms with Crippen molar-refractivity contribution in [1.82, 2.24) is 9.55 Å². The van der Waals surface area contributed by atoms with Crippen molar-refractivity contribution in [3.63, 3.8) is 0 Å². The molecule has 0 bridgehead atoms. The van der Waals surface area contributed by atoms with E-state index >= 15 is 0 Å². The first-order chi connectivity index (χ1) is 8.11. The Morgan fingerprint density at radius 1 is 1.35 bits per heavy atom. The number of hydrogen-bond acceptors (Lipinski definition) is 2. The van der Waals surface area contributed by atoms with Gasteiger partial charge in [-0.1, -0.05) is 19.3 Å². The fraction of sp³-hybridized carbons (Fsp3) is 0.692. The molecule has 94 valence electrons. The van der Waals surface area contributed by atoms with E-state index in [2.05, 4.69) is 9.55 Å². The molecule has 1 aliphatic carbocycles. The summed E-state index contributed by atoms with van der Waals surface area (Å²) in [6.45, 7) is 3.99. The highest BCUT2D eigenvalue weighted by Crippen LogP contribution is 2.34. The number of imidazole rings is 1. The van der Waals surface area contributed by atoms with E-state index in [1.54, 1.807) is 6.33 Å². The van der Waals surface area contributed by atoms with Gasteiger partial charge in [0.2, 0.25) is 0 Å². The van der Waals surface area contributed by atoms with E-state index in [1.807, 2.05) is 13.8 Å². The molecule has 1 aromatic heterocycles. The number of nitrogens with zero attached hydrogens (tertiary/aromatic N) is 2. The zero-order valence-corrected chi connectivity index (χ0v) is 10.5. The molecule has 0 saturated heterocycles. The minimum Gasteiger partial charge on any atom is -0.481 e. The van der Waals surface area contributed by atoms with Gasteiger partial charge >= 0.3 is 5.97 Å². The standard InChI is InChI=1S/C13H20N2O2/c1-9-10(2)15(8-14-9)12-7-5-3-4-6-11(12)13(16)17/h8,11-12H,3-7H2,1-2H3,(H,16,17). The van der Waals surface area contributed by atoms with Crippen LogP contribution in [0.5, 0.6) is 0 Å². The van der Waals surface area contributed by atoms with Gasteiger partial charge in [0.05, 0.1) is 17.9 Å². The van der Waals surface area contributed by atoms with Gasteiger partial charge in [-0.05, 0) is 26.7 Å². The Kier molecular flexibility index (Phi) is 3.50. The molecule has 1 aromatic rings. The molecular formula is C13H20N2O2. The van der Waals surface area contributed by atoms with Crippen LogP contribution in [0.25, 0.3) is 0 Å². The van der Waals surface area contributed by atoms with Crippen LogP contribution in [0.15, 0.2) is 6.33 Å². The van der Waals surface area contributed by atoms with Crippen molar-refractivity contribution < 1.29 is 9.90 Å². The summed E-state index contributed by atoms with van der Waals surface area (Å²) in [5.74, 6) is -0.924. The van der Waals surface area contributed by atoms with Gasteiger partial charge in [-0.25, -0.2) is 4.98 Å². The Hall–Kier alpha value is -1.32. The summed E-state index contributed by atoms with van der Waals surface area (Å²) < 4.78 is 2.07. The summed E-state index contributed by atoms with van der Waals surface area (Å²) in [4.78, 5) is 15.7. The normalized spacial score (nSPS) is 25.5. The van der Waals surface area contributed by atoms with Crippen LogP contribution < -0.4 is 0 Å². The Balaban J connectivity index is 2.32. The summed E-state index contributed by atoms with van der Waals surface area (Å²) in [6.07, 6.45) is 6.83.